The van der Waals surface area contributed by atoms with Crippen LogP contribution in [0.5, 0.6) is 5.75 Å². The van der Waals surface area contributed by atoms with E-state index in [-0.39, 0.29) is 25.0 Å². The molecule has 0 aliphatic carbocycles. The van der Waals surface area contributed by atoms with Crippen molar-refractivity contribution in [3.8, 4) is 16.9 Å². The second-order valence-electron chi connectivity index (χ2n) is 14.4. The minimum absolute atomic E-state index is 0.0344. The van der Waals surface area contributed by atoms with Crippen LogP contribution < -0.4 is 5.32 Å². The van der Waals surface area contributed by atoms with Crippen molar-refractivity contribution in [2.75, 3.05) is 38.0 Å². The first-order valence-electron chi connectivity index (χ1n) is 18.5. The summed E-state index contributed by atoms with van der Waals surface area (Å²) in [5, 5.41) is 33.2. The standard InChI is InChI=1S/C41H57N3O7/c1-41(2,3)51-40(49)44(29-38(47)32-20-21-37(46)33(28-32)30-45)25-15-8-6-4-5-7-14-24-43-26-22-34(23-27-43)50-39(48)42-36-19-13-12-18-35(36)31-16-10-9-11-17-31/h9-13,16-21,28,34,38,45-47H,4-8,14-15,22-27,29-30H2,1-3H3,(H,42,48)/t38-/m0/s1. The molecular weight excluding hydrogens is 646 g/mol. The van der Waals surface area contributed by atoms with Crippen LogP contribution in [0.2, 0.25) is 0 Å². The minimum Gasteiger partial charge on any atom is -0.508 e. The second-order valence-corrected chi connectivity index (χ2v) is 14.4. The Morgan fingerprint density at radius 3 is 2.24 bits per heavy atom. The summed E-state index contributed by atoms with van der Waals surface area (Å²) in [5.74, 6) is -0.0344. The molecule has 10 nitrogen and oxygen atoms in total. The average Bonchev–Trinajstić information content (AvgIpc) is 3.11. The number of likely N-dealkylation sites (tertiary alicyclic amines) is 1. The molecule has 0 radical (unpaired) electrons. The van der Waals surface area contributed by atoms with E-state index in [0.717, 1.165) is 87.8 Å². The molecule has 0 bridgehead atoms. The number of anilines is 1. The van der Waals surface area contributed by atoms with E-state index in [0.29, 0.717) is 17.7 Å². The number of para-hydroxylation sites is 1. The maximum Gasteiger partial charge on any atom is 0.411 e. The molecule has 0 saturated carbocycles. The fraction of sp³-hybridized carbons (Fsp3) is 0.512. The number of aliphatic hydroxyl groups is 2. The van der Waals surface area contributed by atoms with Crippen LogP contribution in [0.1, 0.15) is 95.8 Å². The van der Waals surface area contributed by atoms with Crippen molar-refractivity contribution < 1.29 is 34.4 Å². The maximum atomic E-state index is 12.9. The molecule has 0 aromatic heterocycles. The molecule has 1 heterocycles. The number of phenols is 1. The van der Waals surface area contributed by atoms with Crippen molar-refractivity contribution >= 4 is 17.9 Å². The summed E-state index contributed by atoms with van der Waals surface area (Å²) in [6.45, 7) is 8.55. The highest BCUT2D eigenvalue weighted by Crippen LogP contribution is 2.28. The van der Waals surface area contributed by atoms with Crippen LogP contribution in [0, 0.1) is 0 Å². The van der Waals surface area contributed by atoms with Crippen molar-refractivity contribution in [2.45, 2.75) is 103 Å². The molecule has 2 amide bonds. The van der Waals surface area contributed by atoms with Gasteiger partial charge in [0.25, 0.3) is 0 Å². The lowest BCUT2D eigenvalue weighted by Gasteiger charge is -2.31. The van der Waals surface area contributed by atoms with Crippen molar-refractivity contribution in [3.63, 3.8) is 0 Å². The Kier molecular flexibility index (Phi) is 15.6. The molecule has 4 rings (SSSR count). The number of hydrogen-bond donors (Lipinski definition) is 4. The Labute approximate surface area is 303 Å². The van der Waals surface area contributed by atoms with Crippen molar-refractivity contribution in [1.29, 1.82) is 0 Å². The number of nitrogens with one attached hydrogen (secondary N) is 1. The number of carbonyl (C=O) groups excluding carboxylic acids is 2. The van der Waals surface area contributed by atoms with Crippen LogP contribution in [-0.2, 0) is 16.1 Å². The summed E-state index contributed by atoms with van der Waals surface area (Å²) in [5.41, 5.74) is 2.95. The number of amides is 2. The molecule has 0 spiro atoms. The largest absolute Gasteiger partial charge is 0.508 e. The molecule has 3 aromatic rings. The lowest BCUT2D eigenvalue weighted by molar-refractivity contribution is 0.0140. The van der Waals surface area contributed by atoms with Gasteiger partial charge in [-0.1, -0.05) is 86.7 Å². The predicted octanol–water partition coefficient (Wildman–Crippen LogP) is 8.27. The number of rotatable bonds is 17. The van der Waals surface area contributed by atoms with Gasteiger partial charge in [0.1, 0.15) is 17.5 Å². The number of benzene rings is 3. The molecule has 1 aliphatic heterocycles. The summed E-state index contributed by atoms with van der Waals surface area (Å²) in [7, 11) is 0. The average molecular weight is 704 g/mol. The summed E-state index contributed by atoms with van der Waals surface area (Å²) in [4.78, 5) is 29.7. The van der Waals surface area contributed by atoms with Gasteiger partial charge < -0.3 is 34.6 Å². The molecule has 0 unspecified atom stereocenters. The Hall–Kier alpha value is -4.12. The number of carbonyl (C=O) groups is 2. The van der Waals surface area contributed by atoms with Gasteiger partial charge in [0.15, 0.2) is 0 Å². The molecule has 10 heteroatoms. The minimum atomic E-state index is -0.977. The van der Waals surface area contributed by atoms with Crippen molar-refractivity contribution in [2.24, 2.45) is 0 Å². The SMILES string of the molecule is CC(C)(C)OC(=O)N(CCCCCCCCCN1CCC(OC(=O)Nc2ccccc2-c2ccccc2)CC1)C[C@H](O)c1ccc(O)c(CO)c1. The molecule has 4 N–H and O–H groups in total. The highest BCUT2D eigenvalue weighted by atomic mass is 16.6. The van der Waals surface area contributed by atoms with E-state index < -0.39 is 23.9 Å². The van der Waals surface area contributed by atoms with Gasteiger partial charge in [0, 0.05) is 30.8 Å². The molecule has 1 atom stereocenters. The molecule has 51 heavy (non-hydrogen) atoms. The Balaban J connectivity index is 1.08. The number of aromatic hydroxyl groups is 1. The number of ether oxygens (including phenoxy) is 2. The van der Waals surface area contributed by atoms with E-state index in [9.17, 15) is 24.9 Å². The number of nitrogens with zero attached hydrogens (tertiary/aromatic N) is 2. The number of piperidine rings is 1. The second kappa shape index (κ2) is 20.1. The monoisotopic (exact) mass is 703 g/mol. The van der Waals surface area contributed by atoms with E-state index >= 15 is 0 Å². The van der Waals surface area contributed by atoms with Crippen LogP contribution in [0.15, 0.2) is 72.8 Å². The van der Waals surface area contributed by atoms with Gasteiger partial charge in [-0.15, -0.1) is 0 Å². The predicted molar refractivity (Wildman–Crippen MR) is 201 cm³/mol. The maximum absolute atomic E-state index is 12.9. The third-order valence-electron chi connectivity index (χ3n) is 9.16. The van der Waals surface area contributed by atoms with E-state index in [1.54, 1.807) is 17.0 Å². The summed E-state index contributed by atoms with van der Waals surface area (Å²) < 4.78 is 11.4. The molecule has 3 aromatic carbocycles. The number of aliphatic hydroxyl groups excluding tert-OH is 2. The highest BCUT2D eigenvalue weighted by Gasteiger charge is 2.25. The van der Waals surface area contributed by atoms with Gasteiger partial charge in [0.05, 0.1) is 24.9 Å². The van der Waals surface area contributed by atoms with Gasteiger partial charge in [0.2, 0.25) is 0 Å². The van der Waals surface area contributed by atoms with E-state index in [4.69, 9.17) is 9.47 Å². The van der Waals surface area contributed by atoms with Crippen LogP contribution in [-0.4, -0.2) is 81.7 Å². The first-order valence-corrected chi connectivity index (χ1v) is 18.5. The van der Waals surface area contributed by atoms with E-state index in [1.807, 2.05) is 75.4 Å². The fourth-order valence-corrected chi connectivity index (χ4v) is 6.36. The van der Waals surface area contributed by atoms with Gasteiger partial charge in [-0.2, -0.15) is 0 Å². The summed E-state index contributed by atoms with van der Waals surface area (Å²) in [6, 6.07) is 22.4. The first-order chi connectivity index (χ1) is 24.5. The van der Waals surface area contributed by atoms with Crippen molar-refractivity contribution in [3.05, 3.63) is 83.9 Å². The summed E-state index contributed by atoms with van der Waals surface area (Å²) >= 11 is 0. The molecule has 1 fully saturated rings. The van der Waals surface area contributed by atoms with Crippen LogP contribution in [0.25, 0.3) is 11.1 Å². The number of hydrogen-bond acceptors (Lipinski definition) is 8. The quantitative estimate of drug-likeness (QED) is 0.103. The topological polar surface area (TPSA) is 132 Å². The molecule has 1 saturated heterocycles. The van der Waals surface area contributed by atoms with Gasteiger partial charge in [-0.25, -0.2) is 9.59 Å². The molecule has 1 aliphatic rings. The Morgan fingerprint density at radius 2 is 1.55 bits per heavy atom. The smallest absolute Gasteiger partial charge is 0.411 e. The Bertz CT molecular complexity index is 1500. The van der Waals surface area contributed by atoms with Gasteiger partial charge in [-0.3, -0.25) is 5.32 Å². The normalized spacial score (nSPS) is 14.5. The number of unbranched alkanes of at least 4 members (excludes halogenated alkanes) is 6. The van der Waals surface area contributed by atoms with E-state index in [2.05, 4.69) is 10.2 Å². The fourth-order valence-electron chi connectivity index (χ4n) is 6.36. The third kappa shape index (κ3) is 13.5. The van der Waals surface area contributed by atoms with Crippen LogP contribution in [0.4, 0.5) is 15.3 Å². The molecular formula is C41H57N3O7. The third-order valence-corrected chi connectivity index (χ3v) is 9.16. The van der Waals surface area contributed by atoms with Gasteiger partial charge >= 0.3 is 12.2 Å². The zero-order valence-corrected chi connectivity index (χ0v) is 30.6. The van der Waals surface area contributed by atoms with Crippen LogP contribution in [0.3, 0.4) is 0 Å². The van der Waals surface area contributed by atoms with Gasteiger partial charge in [-0.05, 0) is 82.3 Å². The summed E-state index contributed by atoms with van der Waals surface area (Å²) in [6.07, 6.45) is 7.19. The lowest BCUT2D eigenvalue weighted by Crippen LogP contribution is -2.39. The van der Waals surface area contributed by atoms with Crippen LogP contribution >= 0.6 is 0 Å². The highest BCUT2D eigenvalue weighted by molar-refractivity contribution is 5.91. The first kappa shape index (κ1) is 39.7. The van der Waals surface area contributed by atoms with E-state index in [1.165, 1.54) is 12.5 Å². The molecule has 278 valence electrons. The zero-order valence-electron chi connectivity index (χ0n) is 30.6. The lowest BCUT2D eigenvalue weighted by atomic mass is 10.0. The zero-order chi connectivity index (χ0) is 36.6. The Morgan fingerprint density at radius 1 is 0.902 bits per heavy atom. The van der Waals surface area contributed by atoms with Crippen molar-refractivity contribution in [1.82, 2.24) is 9.80 Å².